The molecule has 0 heterocycles. The first-order valence-corrected chi connectivity index (χ1v) is 19.1. The summed E-state index contributed by atoms with van der Waals surface area (Å²) in [7, 11) is 0. The number of hydrogen-bond acceptors (Lipinski definition) is 0. The van der Waals surface area contributed by atoms with Gasteiger partial charge in [0.05, 0.1) is 0 Å². The summed E-state index contributed by atoms with van der Waals surface area (Å²) in [5.74, 6) is 0. The van der Waals surface area contributed by atoms with Gasteiger partial charge in [0, 0.05) is 0 Å². The van der Waals surface area contributed by atoms with Gasteiger partial charge in [0.25, 0.3) is 0 Å². The van der Waals surface area contributed by atoms with Gasteiger partial charge in [0.15, 0.2) is 0 Å². The second kappa shape index (κ2) is 15.0. The number of rotatable bonds is 11. The minimum absolute atomic E-state index is 1.18. The number of unbranched alkanes of at least 4 members (excludes halogenated alkanes) is 2. The second-order valence-electron chi connectivity index (χ2n) is 8.33. The average Bonchev–Trinajstić information content (AvgIpc) is 2.65. The van der Waals surface area contributed by atoms with Gasteiger partial charge in [-0.15, -0.1) is 0 Å². The third-order valence-electron chi connectivity index (χ3n) is 6.63. The SMILES string of the molecule is CCC[CH2][Sn]([CH2]C)([CH2]CCC)[CH](CC)CCC.Cc1cccc(C)c1C. The summed E-state index contributed by atoms with van der Waals surface area (Å²) in [4.78, 5) is 0. The summed E-state index contributed by atoms with van der Waals surface area (Å²) in [6.07, 6.45) is 10.3. The van der Waals surface area contributed by atoms with E-state index in [2.05, 4.69) is 73.6 Å². The molecule has 0 N–H and O–H groups in total. The molecule has 0 aliphatic carbocycles. The van der Waals surface area contributed by atoms with Crippen LogP contribution in [0, 0.1) is 20.8 Å². The molecule has 0 saturated heterocycles. The van der Waals surface area contributed by atoms with E-state index in [0.29, 0.717) is 0 Å². The van der Waals surface area contributed by atoms with Crippen molar-refractivity contribution in [3.05, 3.63) is 34.9 Å². The van der Waals surface area contributed by atoms with Gasteiger partial charge in [-0.2, -0.15) is 0 Å². The molecule has 0 fully saturated rings. The molecule has 0 aromatic heterocycles. The largest absolute Gasteiger partial charge is 0.0617 e. The average molecular weight is 467 g/mol. The maximum atomic E-state index is 2.53. The van der Waals surface area contributed by atoms with Crippen LogP contribution in [0.3, 0.4) is 0 Å². The van der Waals surface area contributed by atoms with Crippen molar-refractivity contribution >= 4 is 18.4 Å². The molecule has 0 nitrogen and oxygen atoms in total. The fraction of sp³-hybridized carbons (Fsp3) is 0.760. The van der Waals surface area contributed by atoms with Gasteiger partial charge in [0.1, 0.15) is 0 Å². The minimum atomic E-state index is -1.79. The first kappa shape index (κ1) is 26.0. The van der Waals surface area contributed by atoms with Crippen LogP contribution < -0.4 is 0 Å². The zero-order valence-electron chi connectivity index (χ0n) is 19.4. The topological polar surface area (TPSA) is 0 Å². The van der Waals surface area contributed by atoms with E-state index in [9.17, 15) is 0 Å². The molecule has 0 saturated carbocycles. The monoisotopic (exact) mass is 468 g/mol. The van der Waals surface area contributed by atoms with Crippen molar-refractivity contribution < 1.29 is 0 Å². The zero-order chi connectivity index (χ0) is 20.0. The quantitative estimate of drug-likeness (QED) is 0.285. The molecular weight excluding hydrogens is 419 g/mol. The van der Waals surface area contributed by atoms with Gasteiger partial charge in [0.2, 0.25) is 0 Å². The Hall–Kier alpha value is 0.0187. The van der Waals surface area contributed by atoms with Crippen LogP contribution in [-0.2, 0) is 0 Å². The van der Waals surface area contributed by atoms with E-state index in [4.69, 9.17) is 0 Å². The molecule has 0 aliphatic rings. The van der Waals surface area contributed by atoms with Crippen LogP contribution in [0.2, 0.25) is 17.2 Å². The van der Waals surface area contributed by atoms with E-state index in [1.54, 1.807) is 13.3 Å². The van der Waals surface area contributed by atoms with Crippen LogP contribution in [0.4, 0.5) is 0 Å². The number of aryl methyl sites for hydroxylation is 2. The van der Waals surface area contributed by atoms with Crippen molar-refractivity contribution in [2.45, 2.75) is 118 Å². The molecule has 152 valence electrons. The third-order valence-corrected chi connectivity index (χ3v) is 25.3. The first-order chi connectivity index (χ1) is 12.4. The van der Waals surface area contributed by atoms with Crippen LogP contribution in [0.15, 0.2) is 18.2 Å². The molecule has 26 heavy (non-hydrogen) atoms. The van der Waals surface area contributed by atoms with Crippen LogP contribution in [0.25, 0.3) is 0 Å². The maximum absolute atomic E-state index is 2.53. The van der Waals surface area contributed by atoms with Gasteiger partial charge in [-0.05, 0) is 37.5 Å². The zero-order valence-corrected chi connectivity index (χ0v) is 22.2. The van der Waals surface area contributed by atoms with E-state index in [1.165, 1.54) is 65.6 Å². The molecule has 0 aliphatic heterocycles. The van der Waals surface area contributed by atoms with Crippen LogP contribution in [-0.4, -0.2) is 18.4 Å². The molecule has 1 aromatic rings. The Kier molecular flexibility index (Phi) is 15.0. The maximum Gasteiger partial charge on any atom is -0.0392 e. The Labute approximate surface area is 170 Å². The van der Waals surface area contributed by atoms with Crippen molar-refractivity contribution in [3.63, 3.8) is 0 Å². The molecular formula is C25H48Sn. The van der Waals surface area contributed by atoms with E-state index < -0.39 is 18.4 Å². The summed E-state index contributed by atoms with van der Waals surface area (Å²) < 4.78 is 6.14. The predicted octanol–water partition coefficient (Wildman–Crippen LogP) is 9.25. The van der Waals surface area contributed by atoms with E-state index in [0.717, 1.165) is 0 Å². The van der Waals surface area contributed by atoms with E-state index in [1.807, 2.05) is 0 Å². The van der Waals surface area contributed by atoms with Crippen LogP contribution >= 0.6 is 0 Å². The Bertz CT molecular complexity index is 435. The second-order valence-corrected chi connectivity index (χ2v) is 23.3. The molecule has 1 unspecified atom stereocenters. The molecule has 1 rings (SSSR count). The van der Waals surface area contributed by atoms with Crippen molar-refractivity contribution in [3.8, 4) is 0 Å². The molecule has 0 spiro atoms. The van der Waals surface area contributed by atoms with Gasteiger partial charge in [-0.3, -0.25) is 0 Å². The van der Waals surface area contributed by atoms with E-state index in [-0.39, 0.29) is 0 Å². The fourth-order valence-corrected chi connectivity index (χ4v) is 22.2. The van der Waals surface area contributed by atoms with Crippen molar-refractivity contribution in [1.29, 1.82) is 0 Å². The standard InChI is InChI=1S/C9H12.C6H13.2C4H9.C2H5.Sn/c1-7-5-4-6-8(2)9(7)3;1-3-5-6-4-2;2*1-3-4-2;1-2;/h4-6H,1-3H3;5H,3-4,6H2,1-2H3;2*1,3-4H2,2H3;1H2,2H3;. The molecule has 0 amide bonds. The van der Waals surface area contributed by atoms with Gasteiger partial charge in [-0.25, -0.2) is 0 Å². The Morgan fingerprint density at radius 2 is 1.27 bits per heavy atom. The molecule has 1 heteroatoms. The number of hydrogen-bond donors (Lipinski definition) is 0. The van der Waals surface area contributed by atoms with Crippen LogP contribution in [0.5, 0.6) is 0 Å². The van der Waals surface area contributed by atoms with Crippen LogP contribution in [0.1, 0.15) is 96.3 Å². The summed E-state index contributed by atoms with van der Waals surface area (Å²) in [6, 6.07) is 6.38. The minimum Gasteiger partial charge on any atom is -0.0617 e. The Morgan fingerprint density at radius 1 is 0.769 bits per heavy atom. The normalized spacial score (nSPS) is 12.5. The summed E-state index contributed by atoms with van der Waals surface area (Å²) >= 11 is -1.79. The molecule has 0 bridgehead atoms. The molecule has 1 atom stereocenters. The third kappa shape index (κ3) is 8.80. The smallest absolute Gasteiger partial charge is 0.0392 e. The Morgan fingerprint density at radius 3 is 1.58 bits per heavy atom. The predicted molar refractivity (Wildman–Crippen MR) is 125 cm³/mol. The van der Waals surface area contributed by atoms with Gasteiger partial charge >= 0.3 is 115 Å². The fourth-order valence-electron chi connectivity index (χ4n) is 4.42. The first-order valence-electron chi connectivity index (χ1n) is 11.4. The number of benzene rings is 1. The summed E-state index contributed by atoms with van der Waals surface area (Å²) in [5, 5.41) is 0. The van der Waals surface area contributed by atoms with Gasteiger partial charge < -0.3 is 0 Å². The van der Waals surface area contributed by atoms with Crippen molar-refractivity contribution in [1.82, 2.24) is 0 Å². The van der Waals surface area contributed by atoms with Crippen molar-refractivity contribution in [2.24, 2.45) is 0 Å². The Balaban J connectivity index is 0.000000577. The molecule has 0 radical (unpaired) electrons. The molecule has 1 aromatic carbocycles. The van der Waals surface area contributed by atoms with Crippen molar-refractivity contribution in [2.75, 3.05) is 0 Å². The van der Waals surface area contributed by atoms with E-state index >= 15 is 0 Å². The van der Waals surface area contributed by atoms with Gasteiger partial charge in [-0.1, -0.05) is 18.2 Å². The summed E-state index contributed by atoms with van der Waals surface area (Å²) in [6.45, 7) is 18.5. The summed E-state index contributed by atoms with van der Waals surface area (Å²) in [5.41, 5.74) is 4.18.